The molecule has 0 radical (unpaired) electrons. The molecule has 0 spiro atoms. The van der Waals surface area contributed by atoms with Gasteiger partial charge in [-0.3, -0.25) is 10.1 Å². The molecule has 0 aliphatic carbocycles. The van der Waals surface area contributed by atoms with Crippen LogP contribution in [-0.4, -0.2) is 24.7 Å². The SMILES string of the molecule is O=[N+]([O-])c1cc(C(F)(F)F)ccc1C1COCCN1. The van der Waals surface area contributed by atoms with Crippen molar-refractivity contribution in [2.24, 2.45) is 0 Å². The second-order valence-corrected chi connectivity index (χ2v) is 4.11. The van der Waals surface area contributed by atoms with Crippen LogP contribution in [0.5, 0.6) is 0 Å². The summed E-state index contributed by atoms with van der Waals surface area (Å²) in [6.45, 7) is 1.18. The van der Waals surface area contributed by atoms with Gasteiger partial charge in [0.1, 0.15) is 0 Å². The van der Waals surface area contributed by atoms with Crippen molar-refractivity contribution in [1.82, 2.24) is 5.32 Å². The molecule has 104 valence electrons. The second kappa shape index (κ2) is 5.14. The number of ether oxygens (including phenoxy) is 1. The number of benzene rings is 1. The van der Waals surface area contributed by atoms with E-state index in [9.17, 15) is 23.3 Å². The zero-order valence-corrected chi connectivity index (χ0v) is 9.74. The van der Waals surface area contributed by atoms with Crippen molar-refractivity contribution in [3.05, 3.63) is 39.4 Å². The average Bonchev–Trinajstić information content (AvgIpc) is 2.38. The van der Waals surface area contributed by atoms with Crippen LogP contribution in [0, 0.1) is 10.1 Å². The number of morpholine rings is 1. The number of rotatable bonds is 2. The van der Waals surface area contributed by atoms with Crippen molar-refractivity contribution >= 4 is 5.69 Å². The Morgan fingerprint density at radius 1 is 1.42 bits per heavy atom. The van der Waals surface area contributed by atoms with Gasteiger partial charge in [-0.05, 0) is 12.1 Å². The fourth-order valence-electron chi connectivity index (χ4n) is 1.94. The van der Waals surface area contributed by atoms with Gasteiger partial charge in [0.25, 0.3) is 5.69 Å². The number of nitrogens with one attached hydrogen (secondary N) is 1. The summed E-state index contributed by atoms with van der Waals surface area (Å²) in [7, 11) is 0. The van der Waals surface area contributed by atoms with E-state index in [-0.39, 0.29) is 12.2 Å². The average molecular weight is 276 g/mol. The van der Waals surface area contributed by atoms with Gasteiger partial charge in [0.15, 0.2) is 0 Å². The van der Waals surface area contributed by atoms with Gasteiger partial charge in [-0.2, -0.15) is 13.2 Å². The van der Waals surface area contributed by atoms with E-state index in [1.165, 1.54) is 0 Å². The molecular formula is C11H11F3N2O3. The fourth-order valence-corrected chi connectivity index (χ4v) is 1.94. The van der Waals surface area contributed by atoms with Gasteiger partial charge in [-0.1, -0.05) is 0 Å². The van der Waals surface area contributed by atoms with Gasteiger partial charge in [0.2, 0.25) is 0 Å². The highest BCUT2D eigenvalue weighted by molar-refractivity contribution is 5.46. The van der Waals surface area contributed by atoms with Gasteiger partial charge >= 0.3 is 6.18 Å². The van der Waals surface area contributed by atoms with Gasteiger partial charge in [-0.15, -0.1) is 0 Å². The number of alkyl halides is 3. The van der Waals surface area contributed by atoms with Crippen LogP contribution in [0.3, 0.4) is 0 Å². The van der Waals surface area contributed by atoms with Crippen LogP contribution in [-0.2, 0) is 10.9 Å². The first-order valence-electron chi connectivity index (χ1n) is 5.56. The minimum absolute atomic E-state index is 0.201. The lowest BCUT2D eigenvalue weighted by molar-refractivity contribution is -0.386. The molecule has 1 aliphatic rings. The zero-order chi connectivity index (χ0) is 14.0. The number of nitro benzene ring substituents is 1. The van der Waals surface area contributed by atoms with E-state index >= 15 is 0 Å². The summed E-state index contributed by atoms with van der Waals surface area (Å²) in [5.74, 6) is 0. The van der Waals surface area contributed by atoms with E-state index in [1.54, 1.807) is 0 Å². The monoisotopic (exact) mass is 276 g/mol. The maximum absolute atomic E-state index is 12.5. The van der Waals surface area contributed by atoms with Crippen LogP contribution in [0.1, 0.15) is 17.2 Å². The highest BCUT2D eigenvalue weighted by Gasteiger charge is 2.34. The predicted molar refractivity (Wildman–Crippen MR) is 59.7 cm³/mol. The topological polar surface area (TPSA) is 64.4 Å². The Morgan fingerprint density at radius 2 is 2.16 bits per heavy atom. The molecule has 8 heteroatoms. The molecule has 1 fully saturated rings. The second-order valence-electron chi connectivity index (χ2n) is 4.11. The van der Waals surface area contributed by atoms with Crippen LogP contribution >= 0.6 is 0 Å². The first-order valence-corrected chi connectivity index (χ1v) is 5.56. The van der Waals surface area contributed by atoms with Gasteiger partial charge < -0.3 is 10.1 Å². The van der Waals surface area contributed by atoms with Crippen LogP contribution in [0.25, 0.3) is 0 Å². The van der Waals surface area contributed by atoms with Crippen LogP contribution < -0.4 is 5.32 Å². The summed E-state index contributed by atoms with van der Waals surface area (Å²) in [6, 6.07) is 2.08. The van der Waals surface area contributed by atoms with Crippen molar-refractivity contribution in [3.63, 3.8) is 0 Å². The fraction of sp³-hybridized carbons (Fsp3) is 0.455. The van der Waals surface area contributed by atoms with Gasteiger partial charge in [0, 0.05) is 18.2 Å². The first kappa shape index (κ1) is 13.8. The highest BCUT2D eigenvalue weighted by Crippen LogP contribution is 2.35. The summed E-state index contributed by atoms with van der Waals surface area (Å²) in [4.78, 5) is 10.1. The number of halogens is 3. The molecule has 0 bridgehead atoms. The summed E-state index contributed by atoms with van der Waals surface area (Å²) < 4.78 is 42.8. The Kier molecular flexibility index (Phi) is 3.72. The molecule has 1 aromatic carbocycles. The van der Waals surface area contributed by atoms with Crippen molar-refractivity contribution < 1.29 is 22.8 Å². The number of nitrogens with zero attached hydrogens (tertiary/aromatic N) is 1. The summed E-state index contributed by atoms with van der Waals surface area (Å²) in [5.41, 5.74) is -1.37. The van der Waals surface area contributed by atoms with E-state index in [0.717, 1.165) is 12.1 Å². The predicted octanol–water partition coefficient (Wildman–Crippen LogP) is 2.27. The van der Waals surface area contributed by atoms with Crippen LogP contribution in [0.2, 0.25) is 0 Å². The quantitative estimate of drug-likeness (QED) is 0.664. The molecule has 0 aromatic heterocycles. The van der Waals surface area contributed by atoms with Crippen molar-refractivity contribution in [2.45, 2.75) is 12.2 Å². The third-order valence-electron chi connectivity index (χ3n) is 2.85. The van der Waals surface area contributed by atoms with Crippen molar-refractivity contribution in [3.8, 4) is 0 Å². The van der Waals surface area contributed by atoms with E-state index < -0.39 is 28.4 Å². The molecule has 1 aromatic rings. The Balaban J connectivity index is 2.40. The third-order valence-corrected chi connectivity index (χ3v) is 2.85. The minimum atomic E-state index is -4.60. The number of hydrogen-bond donors (Lipinski definition) is 1. The summed E-state index contributed by atoms with van der Waals surface area (Å²) >= 11 is 0. The lowest BCUT2D eigenvalue weighted by atomic mass is 10.0. The smallest absolute Gasteiger partial charge is 0.378 e. The number of nitro groups is 1. The highest BCUT2D eigenvalue weighted by atomic mass is 19.4. The Hall–Kier alpha value is -1.67. The molecule has 1 N–H and O–H groups in total. The van der Waals surface area contributed by atoms with E-state index in [4.69, 9.17) is 4.74 Å². The van der Waals surface area contributed by atoms with Crippen molar-refractivity contribution in [1.29, 1.82) is 0 Å². The summed E-state index contributed by atoms with van der Waals surface area (Å²) in [5, 5.41) is 13.9. The largest absolute Gasteiger partial charge is 0.416 e. The zero-order valence-electron chi connectivity index (χ0n) is 9.74. The maximum atomic E-state index is 12.5. The lowest BCUT2D eigenvalue weighted by Gasteiger charge is -2.24. The minimum Gasteiger partial charge on any atom is -0.378 e. The van der Waals surface area contributed by atoms with Crippen LogP contribution in [0.4, 0.5) is 18.9 Å². The molecule has 0 amide bonds. The molecule has 19 heavy (non-hydrogen) atoms. The van der Waals surface area contributed by atoms with E-state index in [0.29, 0.717) is 19.2 Å². The summed E-state index contributed by atoms with van der Waals surface area (Å²) in [6.07, 6.45) is -4.60. The molecule has 1 saturated heterocycles. The molecular weight excluding hydrogens is 265 g/mol. The molecule has 1 unspecified atom stereocenters. The Morgan fingerprint density at radius 3 is 2.68 bits per heavy atom. The van der Waals surface area contributed by atoms with Crippen LogP contribution in [0.15, 0.2) is 18.2 Å². The Labute approximate surface area is 106 Å². The number of hydrogen-bond acceptors (Lipinski definition) is 4. The molecule has 5 nitrogen and oxygen atoms in total. The molecule has 1 aliphatic heterocycles. The first-order chi connectivity index (χ1) is 8.89. The van der Waals surface area contributed by atoms with E-state index in [2.05, 4.69) is 5.32 Å². The Bertz CT molecular complexity index is 485. The third kappa shape index (κ3) is 3.02. The molecule has 1 atom stereocenters. The molecule has 1 heterocycles. The van der Waals surface area contributed by atoms with E-state index in [1.807, 2.05) is 0 Å². The molecule has 0 saturated carbocycles. The van der Waals surface area contributed by atoms with Gasteiger partial charge in [-0.25, -0.2) is 0 Å². The maximum Gasteiger partial charge on any atom is 0.416 e. The molecule has 2 rings (SSSR count). The normalized spacial score (nSPS) is 20.3. The lowest BCUT2D eigenvalue weighted by Crippen LogP contribution is -2.35. The standard InChI is InChI=1S/C11H11F3N2O3/c12-11(13,14)7-1-2-8(10(5-7)16(17)18)9-6-19-4-3-15-9/h1-2,5,9,15H,3-4,6H2. The van der Waals surface area contributed by atoms with Gasteiger partial charge in [0.05, 0.1) is 29.7 Å². The van der Waals surface area contributed by atoms with Crippen molar-refractivity contribution in [2.75, 3.05) is 19.8 Å².